The number of carbonyl (C=O) groups excluding carboxylic acids is 1. The van der Waals surface area contributed by atoms with Gasteiger partial charge in [0, 0.05) is 18.2 Å². The van der Waals surface area contributed by atoms with Crippen molar-refractivity contribution in [2.45, 2.75) is 36.9 Å². The Balaban J connectivity index is 1.67. The molecule has 1 saturated carbocycles. The minimum Gasteiger partial charge on any atom is -0.334 e. The molecule has 0 saturated heterocycles. The summed E-state index contributed by atoms with van der Waals surface area (Å²) in [6, 6.07) is 12.6. The van der Waals surface area contributed by atoms with Gasteiger partial charge >= 0.3 is 6.03 Å². The number of sulfonamides is 1. The fourth-order valence-corrected chi connectivity index (χ4v) is 3.58. The second-order valence-electron chi connectivity index (χ2n) is 6.46. The predicted molar refractivity (Wildman–Crippen MR) is 99.9 cm³/mol. The lowest BCUT2D eigenvalue weighted by Crippen LogP contribution is -2.40. The van der Waals surface area contributed by atoms with Gasteiger partial charge in [-0.3, -0.25) is 0 Å². The smallest absolute Gasteiger partial charge is 0.318 e. The Bertz CT molecular complexity index is 929. The van der Waals surface area contributed by atoms with Crippen LogP contribution in [0.1, 0.15) is 24.0 Å². The summed E-state index contributed by atoms with van der Waals surface area (Å²) in [5.74, 6) is -0.332. The molecule has 0 atom stereocenters. The quantitative estimate of drug-likeness (QED) is 0.762. The first-order chi connectivity index (χ1) is 12.9. The highest BCUT2D eigenvalue weighted by molar-refractivity contribution is 7.89. The molecule has 3 rings (SSSR count). The van der Waals surface area contributed by atoms with Gasteiger partial charge in [0.05, 0.1) is 11.4 Å². The molecule has 8 heteroatoms. The molecule has 144 valence electrons. The number of carbonyl (C=O) groups is 1. The van der Waals surface area contributed by atoms with Gasteiger partial charge in [0.15, 0.2) is 0 Å². The van der Waals surface area contributed by atoms with Gasteiger partial charge in [0.25, 0.3) is 0 Å². The van der Waals surface area contributed by atoms with Crippen LogP contribution in [0.3, 0.4) is 0 Å². The van der Waals surface area contributed by atoms with E-state index >= 15 is 0 Å². The summed E-state index contributed by atoms with van der Waals surface area (Å²) < 4.78 is 40.0. The number of nitrogens with one attached hydrogen (secondary N) is 2. The Morgan fingerprint density at radius 2 is 1.93 bits per heavy atom. The summed E-state index contributed by atoms with van der Waals surface area (Å²) in [5, 5.41) is 2.81. The Morgan fingerprint density at radius 1 is 1.19 bits per heavy atom. The van der Waals surface area contributed by atoms with E-state index in [4.69, 9.17) is 0 Å². The topological polar surface area (TPSA) is 78.5 Å². The second-order valence-corrected chi connectivity index (χ2v) is 8.35. The molecule has 27 heavy (non-hydrogen) atoms. The first-order valence-electron chi connectivity index (χ1n) is 8.71. The van der Waals surface area contributed by atoms with Gasteiger partial charge in [-0.2, -0.15) is 0 Å². The van der Waals surface area contributed by atoms with Crippen molar-refractivity contribution in [1.82, 2.24) is 14.9 Å². The van der Waals surface area contributed by atoms with Crippen molar-refractivity contribution < 1.29 is 17.6 Å². The molecule has 0 unspecified atom stereocenters. The molecule has 2 N–H and O–H groups in total. The number of hydrogen-bond donors (Lipinski definition) is 2. The molecular formula is C19H22FN3O3S. The number of benzene rings is 2. The fourth-order valence-electron chi connectivity index (χ4n) is 2.78. The van der Waals surface area contributed by atoms with Gasteiger partial charge in [-0.15, -0.1) is 0 Å². The van der Waals surface area contributed by atoms with E-state index < -0.39 is 10.0 Å². The van der Waals surface area contributed by atoms with Crippen molar-refractivity contribution in [3.63, 3.8) is 0 Å². The molecule has 0 aliphatic heterocycles. The van der Waals surface area contributed by atoms with E-state index in [2.05, 4.69) is 10.0 Å². The van der Waals surface area contributed by atoms with Crippen LogP contribution in [0.15, 0.2) is 53.4 Å². The van der Waals surface area contributed by atoms with Crippen LogP contribution in [0, 0.1) is 5.82 Å². The minimum absolute atomic E-state index is 0.112. The van der Waals surface area contributed by atoms with Crippen LogP contribution in [0.2, 0.25) is 0 Å². The third kappa shape index (κ3) is 4.84. The van der Waals surface area contributed by atoms with E-state index in [-0.39, 0.29) is 35.9 Å². The lowest BCUT2D eigenvalue weighted by atomic mass is 10.2. The second kappa shape index (κ2) is 8.06. The zero-order chi connectivity index (χ0) is 19.4. The minimum atomic E-state index is -3.54. The molecule has 0 bridgehead atoms. The average molecular weight is 391 g/mol. The molecule has 0 spiro atoms. The van der Waals surface area contributed by atoms with E-state index in [0.717, 1.165) is 12.8 Å². The van der Waals surface area contributed by atoms with Crippen LogP contribution >= 0.6 is 0 Å². The average Bonchev–Trinajstić information content (AvgIpc) is 3.51. The molecule has 0 aromatic heterocycles. The van der Waals surface area contributed by atoms with Gasteiger partial charge in [-0.1, -0.05) is 30.3 Å². The molecule has 6 nitrogen and oxygen atoms in total. The Hall–Kier alpha value is -2.45. The monoisotopic (exact) mass is 391 g/mol. The SMILES string of the molecule is CNS(=O)(=O)c1cccc(CNC(=O)N(Cc2ccccc2F)C2CC2)c1. The summed E-state index contributed by atoms with van der Waals surface area (Å²) in [5.41, 5.74) is 1.14. The number of urea groups is 1. The van der Waals surface area contributed by atoms with Gasteiger partial charge in [0.2, 0.25) is 10.0 Å². The van der Waals surface area contributed by atoms with E-state index in [1.165, 1.54) is 25.2 Å². The van der Waals surface area contributed by atoms with Crippen LogP contribution in [-0.4, -0.2) is 32.4 Å². The third-order valence-corrected chi connectivity index (χ3v) is 5.88. The number of halogens is 1. The number of nitrogens with zero attached hydrogens (tertiary/aromatic N) is 1. The third-order valence-electron chi connectivity index (χ3n) is 4.47. The maximum atomic E-state index is 13.9. The molecule has 0 radical (unpaired) electrons. The van der Waals surface area contributed by atoms with Crippen molar-refractivity contribution in [3.8, 4) is 0 Å². The van der Waals surface area contributed by atoms with E-state index in [9.17, 15) is 17.6 Å². The van der Waals surface area contributed by atoms with Gasteiger partial charge in [-0.05, 0) is 43.7 Å². The van der Waals surface area contributed by atoms with Crippen LogP contribution in [0.4, 0.5) is 9.18 Å². The zero-order valence-corrected chi connectivity index (χ0v) is 15.8. The highest BCUT2D eigenvalue weighted by Crippen LogP contribution is 2.29. The molecule has 2 amide bonds. The summed E-state index contributed by atoms with van der Waals surface area (Å²) in [7, 11) is -2.19. The van der Waals surface area contributed by atoms with Crippen LogP contribution in [-0.2, 0) is 23.1 Å². The van der Waals surface area contributed by atoms with Crippen LogP contribution in [0.5, 0.6) is 0 Å². The highest BCUT2D eigenvalue weighted by Gasteiger charge is 2.33. The van der Waals surface area contributed by atoms with Crippen molar-refractivity contribution >= 4 is 16.1 Å². The Kier molecular flexibility index (Phi) is 5.76. The van der Waals surface area contributed by atoms with Crippen molar-refractivity contribution in [2.75, 3.05) is 7.05 Å². The standard InChI is InChI=1S/C19H22FN3O3S/c1-21-27(25,26)17-7-4-5-14(11-17)12-22-19(24)23(16-9-10-16)13-15-6-2-3-8-18(15)20/h2-8,11,16,21H,9-10,12-13H2,1H3,(H,22,24). The Labute approximate surface area is 158 Å². The lowest BCUT2D eigenvalue weighted by Gasteiger charge is -2.23. The van der Waals surface area contributed by atoms with E-state index in [1.807, 2.05) is 0 Å². The van der Waals surface area contributed by atoms with Crippen molar-refractivity contribution in [1.29, 1.82) is 0 Å². The number of rotatable bonds is 7. The Morgan fingerprint density at radius 3 is 2.59 bits per heavy atom. The first-order valence-corrected chi connectivity index (χ1v) is 10.2. The molecule has 2 aromatic carbocycles. The largest absolute Gasteiger partial charge is 0.334 e. The van der Waals surface area contributed by atoms with E-state index in [1.54, 1.807) is 35.2 Å². The molecule has 2 aromatic rings. The van der Waals surface area contributed by atoms with Crippen molar-refractivity contribution in [3.05, 3.63) is 65.5 Å². The summed E-state index contributed by atoms with van der Waals surface area (Å²) >= 11 is 0. The predicted octanol–water partition coefficient (Wildman–Crippen LogP) is 2.61. The summed E-state index contributed by atoms with van der Waals surface area (Å²) in [4.78, 5) is 14.4. The highest BCUT2D eigenvalue weighted by atomic mass is 32.2. The normalized spacial score (nSPS) is 14.0. The molecule has 1 aliphatic rings. The number of amides is 2. The van der Waals surface area contributed by atoms with Gasteiger partial charge < -0.3 is 10.2 Å². The van der Waals surface area contributed by atoms with Crippen LogP contribution in [0.25, 0.3) is 0 Å². The van der Waals surface area contributed by atoms with Gasteiger partial charge in [0.1, 0.15) is 5.82 Å². The van der Waals surface area contributed by atoms with Crippen molar-refractivity contribution in [2.24, 2.45) is 0 Å². The fraction of sp³-hybridized carbons (Fsp3) is 0.316. The number of hydrogen-bond acceptors (Lipinski definition) is 3. The molecule has 1 aliphatic carbocycles. The zero-order valence-electron chi connectivity index (χ0n) is 15.0. The maximum absolute atomic E-state index is 13.9. The molecule has 0 heterocycles. The first kappa shape index (κ1) is 19.3. The summed E-state index contributed by atoms with van der Waals surface area (Å²) in [6.45, 7) is 0.393. The lowest BCUT2D eigenvalue weighted by molar-refractivity contribution is 0.191. The summed E-state index contributed by atoms with van der Waals surface area (Å²) in [6.07, 6.45) is 1.80. The maximum Gasteiger partial charge on any atom is 0.318 e. The van der Waals surface area contributed by atoms with E-state index in [0.29, 0.717) is 11.1 Å². The van der Waals surface area contributed by atoms with Gasteiger partial charge in [-0.25, -0.2) is 22.3 Å². The molecular weight excluding hydrogens is 369 g/mol. The molecule has 1 fully saturated rings. The van der Waals surface area contributed by atoms with Crippen LogP contribution < -0.4 is 10.0 Å².